The number of hydrogen-bond acceptors (Lipinski definition) is 5. The molecule has 0 spiro atoms. The number of ether oxygens (including phenoxy) is 2. The number of aliphatic hydroxyl groups excluding tert-OH is 1. The quantitative estimate of drug-likeness (QED) is 0.747. The van der Waals surface area contributed by atoms with Crippen LogP contribution in [0.25, 0.3) is 0 Å². The third-order valence-corrected chi connectivity index (χ3v) is 1.53. The SMILES string of the molecule is CCOC(=O)C(C)C.CCOC(=O)CC(C)O. The van der Waals surface area contributed by atoms with Gasteiger partial charge in [0.1, 0.15) is 0 Å². The molecule has 0 fully saturated rings. The van der Waals surface area contributed by atoms with E-state index in [4.69, 9.17) is 5.11 Å². The molecule has 5 heteroatoms. The Balaban J connectivity index is 0. The van der Waals surface area contributed by atoms with E-state index >= 15 is 0 Å². The Kier molecular flexibility index (Phi) is 12.2. The largest absolute Gasteiger partial charge is 0.466 e. The van der Waals surface area contributed by atoms with Crippen molar-refractivity contribution in [1.29, 1.82) is 0 Å². The van der Waals surface area contributed by atoms with Crippen molar-refractivity contribution in [3.63, 3.8) is 0 Å². The Hall–Kier alpha value is -1.10. The van der Waals surface area contributed by atoms with E-state index in [0.29, 0.717) is 13.2 Å². The fourth-order valence-electron chi connectivity index (χ4n) is 0.770. The van der Waals surface area contributed by atoms with Crippen LogP contribution in [0, 0.1) is 5.92 Å². The highest BCUT2D eigenvalue weighted by Gasteiger charge is 2.05. The maximum absolute atomic E-state index is 10.5. The van der Waals surface area contributed by atoms with Gasteiger partial charge in [-0.05, 0) is 20.8 Å². The lowest BCUT2D eigenvalue weighted by atomic mass is 10.2. The fraction of sp³-hybridized carbons (Fsp3) is 0.833. The van der Waals surface area contributed by atoms with Crippen LogP contribution in [0.15, 0.2) is 0 Å². The van der Waals surface area contributed by atoms with Gasteiger partial charge < -0.3 is 14.6 Å². The molecule has 0 aromatic carbocycles. The monoisotopic (exact) mass is 248 g/mol. The van der Waals surface area contributed by atoms with Crippen molar-refractivity contribution < 1.29 is 24.2 Å². The number of esters is 2. The van der Waals surface area contributed by atoms with Gasteiger partial charge in [0, 0.05) is 0 Å². The standard InChI is InChI=1S/C6H12O3.C6H12O2/c1-3-9-6(8)4-5(2)7;1-4-8-6(7)5(2)3/h5,7H,3-4H2,1-2H3;5H,4H2,1-3H3. The van der Waals surface area contributed by atoms with Crippen LogP contribution in [-0.4, -0.2) is 36.4 Å². The zero-order valence-corrected chi connectivity index (χ0v) is 11.4. The molecular formula is C12H24O5. The molecule has 0 amide bonds. The van der Waals surface area contributed by atoms with E-state index in [-0.39, 0.29) is 24.3 Å². The first-order chi connectivity index (χ1) is 7.84. The Morgan fingerprint density at radius 3 is 1.76 bits per heavy atom. The van der Waals surface area contributed by atoms with Gasteiger partial charge in [0.15, 0.2) is 0 Å². The summed E-state index contributed by atoms with van der Waals surface area (Å²) in [6.45, 7) is 9.59. The third kappa shape index (κ3) is 14.9. The summed E-state index contributed by atoms with van der Waals surface area (Å²) in [4.78, 5) is 21.0. The van der Waals surface area contributed by atoms with Crippen LogP contribution in [0.3, 0.4) is 0 Å². The average Bonchev–Trinajstić information content (AvgIpc) is 2.17. The lowest BCUT2D eigenvalue weighted by Crippen LogP contribution is -2.11. The van der Waals surface area contributed by atoms with E-state index < -0.39 is 6.10 Å². The van der Waals surface area contributed by atoms with E-state index in [1.54, 1.807) is 20.8 Å². The van der Waals surface area contributed by atoms with Crippen LogP contribution in [0.4, 0.5) is 0 Å². The Morgan fingerprint density at radius 2 is 1.53 bits per heavy atom. The molecule has 0 saturated heterocycles. The van der Waals surface area contributed by atoms with Gasteiger partial charge >= 0.3 is 11.9 Å². The summed E-state index contributed by atoms with van der Waals surface area (Å²) in [5, 5.41) is 8.65. The van der Waals surface area contributed by atoms with E-state index in [1.807, 2.05) is 13.8 Å². The number of carbonyl (C=O) groups excluding carboxylic acids is 2. The highest BCUT2D eigenvalue weighted by Crippen LogP contribution is 1.94. The van der Waals surface area contributed by atoms with E-state index in [2.05, 4.69) is 9.47 Å². The number of rotatable bonds is 5. The molecule has 0 saturated carbocycles. The van der Waals surface area contributed by atoms with E-state index in [9.17, 15) is 9.59 Å². The first kappa shape index (κ1) is 18.3. The van der Waals surface area contributed by atoms with Crippen LogP contribution < -0.4 is 0 Å². The van der Waals surface area contributed by atoms with Crippen molar-refractivity contribution in [2.45, 2.75) is 47.1 Å². The van der Waals surface area contributed by atoms with Crippen molar-refractivity contribution in [2.24, 2.45) is 5.92 Å². The Bertz CT molecular complexity index is 211. The lowest BCUT2D eigenvalue weighted by molar-refractivity contribution is -0.147. The molecule has 17 heavy (non-hydrogen) atoms. The Labute approximate surface area is 103 Å². The molecular weight excluding hydrogens is 224 g/mol. The third-order valence-electron chi connectivity index (χ3n) is 1.53. The first-order valence-electron chi connectivity index (χ1n) is 5.85. The topological polar surface area (TPSA) is 72.8 Å². The number of carbonyl (C=O) groups is 2. The highest BCUT2D eigenvalue weighted by atomic mass is 16.5. The average molecular weight is 248 g/mol. The lowest BCUT2D eigenvalue weighted by Gasteiger charge is -2.01. The van der Waals surface area contributed by atoms with Gasteiger partial charge in [-0.15, -0.1) is 0 Å². The summed E-state index contributed by atoms with van der Waals surface area (Å²) in [6.07, 6.45) is -0.502. The van der Waals surface area contributed by atoms with Crippen molar-refractivity contribution in [3.8, 4) is 0 Å². The molecule has 0 aromatic heterocycles. The van der Waals surface area contributed by atoms with Gasteiger partial charge in [0.25, 0.3) is 0 Å². The molecule has 0 aromatic rings. The maximum Gasteiger partial charge on any atom is 0.308 e. The molecule has 1 atom stereocenters. The zero-order valence-electron chi connectivity index (χ0n) is 11.4. The first-order valence-corrected chi connectivity index (χ1v) is 5.85. The van der Waals surface area contributed by atoms with Gasteiger partial charge in [-0.3, -0.25) is 9.59 Å². The molecule has 102 valence electrons. The van der Waals surface area contributed by atoms with Crippen molar-refractivity contribution in [3.05, 3.63) is 0 Å². The second-order valence-corrected chi connectivity index (χ2v) is 3.76. The molecule has 1 N–H and O–H groups in total. The van der Waals surface area contributed by atoms with Crippen LogP contribution in [0.5, 0.6) is 0 Å². The zero-order chi connectivity index (χ0) is 13.8. The minimum atomic E-state index is -0.593. The van der Waals surface area contributed by atoms with Gasteiger partial charge in [-0.2, -0.15) is 0 Å². The predicted molar refractivity (Wildman–Crippen MR) is 64.4 cm³/mol. The second-order valence-electron chi connectivity index (χ2n) is 3.76. The summed E-state index contributed by atoms with van der Waals surface area (Å²) in [6, 6.07) is 0. The highest BCUT2D eigenvalue weighted by molar-refractivity contribution is 5.71. The molecule has 5 nitrogen and oxygen atoms in total. The van der Waals surface area contributed by atoms with Crippen molar-refractivity contribution >= 4 is 11.9 Å². The predicted octanol–water partition coefficient (Wildman–Crippen LogP) is 1.53. The molecule has 0 aliphatic rings. The smallest absolute Gasteiger partial charge is 0.308 e. The Morgan fingerprint density at radius 1 is 1.06 bits per heavy atom. The van der Waals surface area contributed by atoms with E-state index in [1.165, 1.54) is 0 Å². The number of hydrogen-bond donors (Lipinski definition) is 1. The molecule has 0 aliphatic heterocycles. The molecule has 0 bridgehead atoms. The summed E-state index contributed by atoms with van der Waals surface area (Å²) < 4.78 is 9.22. The van der Waals surface area contributed by atoms with Gasteiger partial charge in [0.05, 0.1) is 31.7 Å². The van der Waals surface area contributed by atoms with Crippen LogP contribution in [0.1, 0.15) is 41.0 Å². The summed E-state index contributed by atoms with van der Waals surface area (Å²) in [5.74, 6) is -0.449. The molecule has 0 heterocycles. The molecule has 0 aliphatic carbocycles. The number of aliphatic hydroxyl groups is 1. The molecule has 0 radical (unpaired) electrons. The second kappa shape index (κ2) is 11.4. The fourth-order valence-corrected chi connectivity index (χ4v) is 0.770. The van der Waals surface area contributed by atoms with Crippen LogP contribution >= 0.6 is 0 Å². The minimum Gasteiger partial charge on any atom is -0.466 e. The van der Waals surface area contributed by atoms with Gasteiger partial charge in [-0.25, -0.2) is 0 Å². The summed E-state index contributed by atoms with van der Waals surface area (Å²) in [7, 11) is 0. The van der Waals surface area contributed by atoms with Crippen LogP contribution in [-0.2, 0) is 19.1 Å². The summed E-state index contributed by atoms with van der Waals surface area (Å²) in [5.41, 5.74) is 0. The van der Waals surface area contributed by atoms with Crippen molar-refractivity contribution in [2.75, 3.05) is 13.2 Å². The van der Waals surface area contributed by atoms with Gasteiger partial charge in [0.2, 0.25) is 0 Å². The minimum absolute atomic E-state index is 0.00921. The van der Waals surface area contributed by atoms with E-state index in [0.717, 1.165) is 0 Å². The van der Waals surface area contributed by atoms with Crippen LogP contribution in [0.2, 0.25) is 0 Å². The van der Waals surface area contributed by atoms with Crippen molar-refractivity contribution in [1.82, 2.24) is 0 Å². The molecule has 0 rings (SSSR count). The summed E-state index contributed by atoms with van der Waals surface area (Å²) >= 11 is 0. The maximum atomic E-state index is 10.5. The molecule has 1 unspecified atom stereocenters. The normalized spacial score (nSPS) is 11.2. The van der Waals surface area contributed by atoms with Gasteiger partial charge in [-0.1, -0.05) is 13.8 Å².